The monoisotopic (exact) mass is 433 g/mol. The molecule has 0 atom stereocenters. The second-order valence-corrected chi connectivity index (χ2v) is 8.21. The Labute approximate surface area is 177 Å². The van der Waals surface area contributed by atoms with Crippen LogP contribution in [0.4, 0.5) is 5.82 Å². The highest BCUT2D eigenvalue weighted by molar-refractivity contribution is 6.36. The van der Waals surface area contributed by atoms with Crippen molar-refractivity contribution in [3.8, 4) is 11.1 Å². The molecule has 2 N–H and O–H groups in total. The van der Waals surface area contributed by atoms with E-state index in [1.807, 2.05) is 7.05 Å². The van der Waals surface area contributed by atoms with Crippen molar-refractivity contribution in [2.24, 2.45) is 19.8 Å². The van der Waals surface area contributed by atoms with Crippen LogP contribution in [0.2, 0.25) is 10.0 Å². The van der Waals surface area contributed by atoms with Crippen LogP contribution in [0, 0.1) is 0 Å². The first-order chi connectivity index (χ1) is 13.8. The highest BCUT2D eigenvalue weighted by atomic mass is 35.5. The van der Waals surface area contributed by atoms with Gasteiger partial charge in [0.2, 0.25) is 0 Å². The van der Waals surface area contributed by atoms with E-state index < -0.39 is 11.2 Å². The molecule has 1 aliphatic carbocycles. The molecule has 0 spiro atoms. The molecule has 29 heavy (non-hydrogen) atoms. The van der Waals surface area contributed by atoms with Gasteiger partial charge in [0.25, 0.3) is 5.56 Å². The lowest BCUT2D eigenvalue weighted by Crippen LogP contribution is -2.38. The summed E-state index contributed by atoms with van der Waals surface area (Å²) in [5, 5.41) is 1.20. The molecule has 152 valence electrons. The van der Waals surface area contributed by atoms with Gasteiger partial charge >= 0.3 is 5.69 Å². The molecular weight excluding hydrogens is 413 g/mol. The maximum Gasteiger partial charge on any atom is 0.332 e. The van der Waals surface area contributed by atoms with Crippen LogP contribution in [-0.2, 0) is 20.6 Å². The molecule has 1 aromatic carbocycles. The highest BCUT2D eigenvalue weighted by Crippen LogP contribution is 2.40. The lowest BCUT2D eigenvalue weighted by atomic mass is 9.96. The zero-order valence-electron chi connectivity index (χ0n) is 16.4. The summed E-state index contributed by atoms with van der Waals surface area (Å²) in [5.41, 5.74) is 7.53. The van der Waals surface area contributed by atoms with Gasteiger partial charge < -0.3 is 10.6 Å². The predicted molar refractivity (Wildman–Crippen MR) is 117 cm³/mol. The molecule has 3 aromatic rings. The Kier molecular flexibility index (Phi) is 4.93. The smallest absolute Gasteiger partial charge is 0.332 e. The van der Waals surface area contributed by atoms with Gasteiger partial charge in [-0.1, -0.05) is 29.3 Å². The van der Waals surface area contributed by atoms with Gasteiger partial charge in [0, 0.05) is 60.5 Å². The van der Waals surface area contributed by atoms with Gasteiger partial charge in [-0.25, -0.2) is 9.78 Å². The number of hydrogen-bond acceptors (Lipinski definition) is 5. The normalized spacial score (nSPS) is 13.9. The van der Waals surface area contributed by atoms with E-state index in [4.69, 9.17) is 33.9 Å². The molecule has 0 bridgehead atoms. The van der Waals surface area contributed by atoms with Crippen molar-refractivity contribution >= 4 is 40.1 Å². The second-order valence-electron chi connectivity index (χ2n) is 7.36. The van der Waals surface area contributed by atoms with Gasteiger partial charge in [0.1, 0.15) is 5.82 Å². The van der Waals surface area contributed by atoms with E-state index in [0.29, 0.717) is 49.6 Å². The minimum Gasteiger partial charge on any atom is -0.356 e. The number of aromatic nitrogens is 3. The van der Waals surface area contributed by atoms with Crippen molar-refractivity contribution in [3.63, 3.8) is 0 Å². The van der Waals surface area contributed by atoms with Gasteiger partial charge in [0.05, 0.1) is 5.39 Å². The average Bonchev–Trinajstić information content (AvgIpc) is 3.54. The zero-order chi connectivity index (χ0) is 21.0. The van der Waals surface area contributed by atoms with E-state index in [-0.39, 0.29) is 6.54 Å². The van der Waals surface area contributed by atoms with Gasteiger partial charge in [0.15, 0.2) is 5.65 Å². The number of rotatable bonds is 4. The Bertz CT molecular complexity index is 1260. The third-order valence-corrected chi connectivity index (χ3v) is 6.05. The minimum atomic E-state index is -0.441. The van der Waals surface area contributed by atoms with Crippen LogP contribution in [0.15, 0.2) is 27.8 Å². The Morgan fingerprint density at radius 3 is 2.48 bits per heavy atom. The first-order valence-corrected chi connectivity index (χ1v) is 10.0. The SMILES string of the molecule is CN(c1nc2c(c(-c3ccc(Cl)cc3Cl)c1CN)c(=O)n(C)c(=O)n2C)C1CC1. The van der Waals surface area contributed by atoms with Crippen LogP contribution in [-0.4, -0.2) is 27.2 Å². The standard InChI is InChI=1S/C20H21Cl2N5O2/c1-25(11-5-6-11)17-13(9-23)15(12-7-4-10(21)8-14(12)22)16-18(24-17)26(2)20(29)27(3)19(16)28/h4,7-8,11H,5-6,9,23H2,1-3H3. The molecule has 0 aliphatic heterocycles. The molecule has 0 unspecified atom stereocenters. The van der Waals surface area contributed by atoms with Gasteiger partial charge in [-0.05, 0) is 25.0 Å². The third kappa shape index (κ3) is 3.13. The Balaban J connectivity index is 2.24. The van der Waals surface area contributed by atoms with Gasteiger partial charge in [-0.2, -0.15) is 0 Å². The van der Waals surface area contributed by atoms with Crippen LogP contribution in [0.1, 0.15) is 18.4 Å². The van der Waals surface area contributed by atoms with Crippen LogP contribution >= 0.6 is 23.2 Å². The molecule has 2 aromatic heterocycles. The highest BCUT2D eigenvalue weighted by Gasteiger charge is 2.31. The fourth-order valence-electron chi connectivity index (χ4n) is 3.72. The molecule has 2 heterocycles. The quantitative estimate of drug-likeness (QED) is 0.683. The number of benzene rings is 1. The zero-order valence-corrected chi connectivity index (χ0v) is 17.9. The molecule has 1 fully saturated rings. The Hall–Kier alpha value is -2.35. The number of pyridine rings is 1. The van der Waals surface area contributed by atoms with Crippen LogP contribution in [0.5, 0.6) is 0 Å². The van der Waals surface area contributed by atoms with E-state index >= 15 is 0 Å². The number of anilines is 1. The van der Waals surface area contributed by atoms with Crippen LogP contribution < -0.4 is 21.9 Å². The number of nitrogens with zero attached hydrogens (tertiary/aromatic N) is 4. The number of nitrogens with two attached hydrogens (primary N) is 1. The minimum absolute atomic E-state index is 0.162. The average molecular weight is 434 g/mol. The Morgan fingerprint density at radius 1 is 1.21 bits per heavy atom. The summed E-state index contributed by atoms with van der Waals surface area (Å²) >= 11 is 12.6. The van der Waals surface area contributed by atoms with Crippen molar-refractivity contribution in [1.29, 1.82) is 0 Å². The summed E-state index contributed by atoms with van der Waals surface area (Å²) in [5.74, 6) is 0.659. The summed E-state index contributed by atoms with van der Waals surface area (Å²) < 4.78 is 2.45. The van der Waals surface area contributed by atoms with E-state index in [2.05, 4.69) is 4.90 Å². The first-order valence-electron chi connectivity index (χ1n) is 9.27. The fraction of sp³-hybridized carbons (Fsp3) is 0.350. The lowest BCUT2D eigenvalue weighted by Gasteiger charge is -2.25. The second kappa shape index (κ2) is 7.16. The van der Waals surface area contributed by atoms with Gasteiger partial charge in [-0.3, -0.25) is 13.9 Å². The molecule has 0 saturated heterocycles. The molecule has 1 saturated carbocycles. The summed E-state index contributed by atoms with van der Waals surface area (Å²) in [7, 11) is 5.01. The molecule has 4 rings (SSSR count). The summed E-state index contributed by atoms with van der Waals surface area (Å²) in [6.07, 6.45) is 2.12. The summed E-state index contributed by atoms with van der Waals surface area (Å²) in [6, 6.07) is 5.47. The van der Waals surface area contributed by atoms with E-state index in [0.717, 1.165) is 17.4 Å². The molecule has 0 radical (unpaired) electrons. The summed E-state index contributed by atoms with van der Waals surface area (Å²) in [4.78, 5) is 32.5. The predicted octanol–water partition coefficient (Wildman–Crippen LogP) is 2.66. The topological polar surface area (TPSA) is 86.2 Å². The molecule has 9 heteroatoms. The van der Waals surface area contributed by atoms with E-state index in [1.54, 1.807) is 25.2 Å². The largest absolute Gasteiger partial charge is 0.356 e. The molecule has 1 aliphatic rings. The van der Waals surface area contributed by atoms with Gasteiger partial charge in [-0.15, -0.1) is 0 Å². The van der Waals surface area contributed by atoms with Crippen molar-refractivity contribution in [1.82, 2.24) is 14.1 Å². The van der Waals surface area contributed by atoms with Crippen molar-refractivity contribution in [3.05, 3.63) is 54.6 Å². The first kappa shape index (κ1) is 19.9. The molecular formula is C20H21Cl2N5O2. The number of fused-ring (bicyclic) bond motifs is 1. The van der Waals surface area contributed by atoms with Crippen molar-refractivity contribution in [2.45, 2.75) is 25.4 Å². The number of aryl methyl sites for hydroxylation is 1. The molecule has 0 amide bonds. The van der Waals surface area contributed by atoms with Crippen molar-refractivity contribution < 1.29 is 0 Å². The maximum absolute atomic E-state index is 13.2. The number of hydrogen-bond donors (Lipinski definition) is 1. The van der Waals surface area contributed by atoms with Crippen molar-refractivity contribution in [2.75, 3.05) is 11.9 Å². The van der Waals surface area contributed by atoms with Crippen LogP contribution in [0.3, 0.4) is 0 Å². The van der Waals surface area contributed by atoms with E-state index in [1.165, 1.54) is 11.6 Å². The van der Waals surface area contributed by atoms with E-state index in [9.17, 15) is 9.59 Å². The fourth-order valence-corrected chi connectivity index (χ4v) is 4.23. The summed E-state index contributed by atoms with van der Waals surface area (Å²) in [6.45, 7) is 0.162. The van der Waals surface area contributed by atoms with Crippen LogP contribution in [0.25, 0.3) is 22.2 Å². The maximum atomic E-state index is 13.2. The third-order valence-electron chi connectivity index (χ3n) is 5.50. The number of halogens is 2. The lowest BCUT2D eigenvalue weighted by molar-refractivity contribution is 0.706. The molecule has 7 nitrogen and oxygen atoms in total. The Morgan fingerprint density at radius 2 is 1.90 bits per heavy atom.